The summed E-state index contributed by atoms with van der Waals surface area (Å²) in [4.78, 5) is 0. The second kappa shape index (κ2) is 5.95. The van der Waals surface area contributed by atoms with E-state index >= 15 is 0 Å². The highest BCUT2D eigenvalue weighted by Crippen LogP contribution is 2.12. The Hall–Kier alpha value is -1.18. The van der Waals surface area contributed by atoms with Gasteiger partial charge in [-0.2, -0.15) is 5.26 Å². The fourth-order valence-electron chi connectivity index (χ4n) is 2.04. The molecule has 90 valence electrons. The van der Waals surface area contributed by atoms with Gasteiger partial charge in [0.2, 0.25) is 0 Å². The van der Waals surface area contributed by atoms with Crippen LogP contribution in [0.2, 0.25) is 0 Å². The number of rotatable bonds is 3. The van der Waals surface area contributed by atoms with Crippen molar-refractivity contribution >= 4 is 10.8 Å². The number of nitrogens with one attached hydrogen (secondary N) is 1. The summed E-state index contributed by atoms with van der Waals surface area (Å²) in [5, 5.41) is 12.4. The average molecular weight is 248 g/mol. The summed E-state index contributed by atoms with van der Waals surface area (Å²) in [6, 6.07) is 10.3. The molecule has 0 bridgehead atoms. The molecule has 1 saturated heterocycles. The van der Waals surface area contributed by atoms with E-state index < -0.39 is 10.8 Å². The number of nitrogens with zero attached hydrogens (tertiary/aromatic N) is 1. The molecule has 17 heavy (non-hydrogen) atoms. The van der Waals surface area contributed by atoms with Crippen LogP contribution in [0.4, 0.5) is 0 Å². The number of hydrogen-bond acceptors (Lipinski definition) is 3. The smallest absolute Gasteiger partial charge is 0.0995 e. The van der Waals surface area contributed by atoms with Gasteiger partial charge in [-0.15, -0.1) is 0 Å². The lowest BCUT2D eigenvalue weighted by Gasteiger charge is -2.22. The van der Waals surface area contributed by atoms with Crippen LogP contribution >= 0.6 is 0 Å². The number of benzene rings is 1. The summed E-state index contributed by atoms with van der Waals surface area (Å²) in [5.41, 5.74) is 1.78. The highest BCUT2D eigenvalue weighted by Gasteiger charge is 2.17. The third-order valence-electron chi connectivity index (χ3n) is 3.11. The van der Waals surface area contributed by atoms with Gasteiger partial charge in [0.05, 0.1) is 11.6 Å². The first kappa shape index (κ1) is 12.3. The van der Waals surface area contributed by atoms with Crippen LogP contribution in [-0.4, -0.2) is 21.8 Å². The van der Waals surface area contributed by atoms with Gasteiger partial charge >= 0.3 is 0 Å². The van der Waals surface area contributed by atoms with Gasteiger partial charge in [0, 0.05) is 34.9 Å². The molecule has 1 aliphatic heterocycles. The molecule has 1 heterocycles. The van der Waals surface area contributed by atoms with Crippen molar-refractivity contribution in [2.45, 2.75) is 25.4 Å². The van der Waals surface area contributed by atoms with Crippen LogP contribution in [-0.2, 0) is 17.3 Å². The molecule has 0 atom stereocenters. The minimum Gasteiger partial charge on any atom is -0.310 e. The van der Waals surface area contributed by atoms with Gasteiger partial charge in [-0.1, -0.05) is 18.2 Å². The molecule has 0 radical (unpaired) electrons. The molecule has 0 aliphatic carbocycles. The van der Waals surface area contributed by atoms with Crippen LogP contribution in [0.1, 0.15) is 24.0 Å². The van der Waals surface area contributed by atoms with Gasteiger partial charge in [0.25, 0.3) is 0 Å². The molecular formula is C13H16N2OS. The molecule has 1 aromatic rings. The molecule has 4 heteroatoms. The third kappa shape index (κ3) is 3.39. The molecule has 1 fully saturated rings. The van der Waals surface area contributed by atoms with E-state index in [4.69, 9.17) is 5.26 Å². The number of nitriles is 1. The fourth-order valence-corrected chi connectivity index (χ4v) is 3.33. The Kier molecular flexibility index (Phi) is 4.29. The van der Waals surface area contributed by atoms with Crippen LogP contribution in [0, 0.1) is 11.3 Å². The van der Waals surface area contributed by atoms with E-state index in [1.165, 1.54) is 0 Å². The van der Waals surface area contributed by atoms with Crippen molar-refractivity contribution in [2.75, 3.05) is 11.5 Å². The first-order valence-corrected chi connectivity index (χ1v) is 7.35. The zero-order valence-electron chi connectivity index (χ0n) is 9.69. The molecule has 0 unspecified atom stereocenters. The Morgan fingerprint density at radius 3 is 2.76 bits per heavy atom. The maximum absolute atomic E-state index is 11.2. The van der Waals surface area contributed by atoms with E-state index in [0.717, 1.165) is 42.0 Å². The molecule has 0 spiro atoms. The molecule has 1 N–H and O–H groups in total. The highest BCUT2D eigenvalue weighted by atomic mass is 32.2. The normalized spacial score (nSPS) is 24.2. The second-order valence-corrected chi connectivity index (χ2v) is 5.97. The van der Waals surface area contributed by atoms with Crippen molar-refractivity contribution in [3.05, 3.63) is 35.4 Å². The molecule has 1 aliphatic rings. The summed E-state index contributed by atoms with van der Waals surface area (Å²) >= 11 is 0. The Morgan fingerprint density at radius 1 is 1.35 bits per heavy atom. The van der Waals surface area contributed by atoms with Gasteiger partial charge in [0.15, 0.2) is 0 Å². The van der Waals surface area contributed by atoms with Crippen molar-refractivity contribution in [1.82, 2.24) is 5.32 Å². The summed E-state index contributed by atoms with van der Waals surface area (Å²) in [6.07, 6.45) is 1.95. The van der Waals surface area contributed by atoms with Crippen LogP contribution in [0.3, 0.4) is 0 Å². The standard InChI is InChI=1S/C13H16N2OS/c14-9-11-3-1-2-4-12(11)10-15-13-5-7-17(16)8-6-13/h1-4,13,15H,5-8,10H2. The Balaban J connectivity index is 1.90. The summed E-state index contributed by atoms with van der Waals surface area (Å²) in [5.74, 6) is 1.61. The summed E-state index contributed by atoms with van der Waals surface area (Å²) < 4.78 is 11.2. The van der Waals surface area contributed by atoms with Crippen molar-refractivity contribution < 1.29 is 4.21 Å². The Bertz CT molecular complexity index is 443. The van der Waals surface area contributed by atoms with Gasteiger partial charge in [-0.25, -0.2) is 0 Å². The largest absolute Gasteiger partial charge is 0.310 e. The van der Waals surface area contributed by atoms with Gasteiger partial charge < -0.3 is 5.32 Å². The van der Waals surface area contributed by atoms with Crippen LogP contribution in [0.5, 0.6) is 0 Å². The van der Waals surface area contributed by atoms with Gasteiger partial charge in [-0.3, -0.25) is 4.21 Å². The molecule has 0 aromatic heterocycles. The van der Waals surface area contributed by atoms with Gasteiger partial charge in [-0.05, 0) is 24.5 Å². The zero-order chi connectivity index (χ0) is 12.1. The Labute approximate surface area is 104 Å². The maximum atomic E-state index is 11.2. The van der Waals surface area contributed by atoms with E-state index in [-0.39, 0.29) is 0 Å². The fraction of sp³-hybridized carbons (Fsp3) is 0.462. The lowest BCUT2D eigenvalue weighted by atomic mass is 10.1. The first-order valence-electron chi connectivity index (χ1n) is 5.86. The minimum atomic E-state index is -0.607. The molecular weight excluding hydrogens is 232 g/mol. The van der Waals surface area contributed by atoms with E-state index in [9.17, 15) is 4.21 Å². The first-order chi connectivity index (χ1) is 8.29. The van der Waals surface area contributed by atoms with E-state index in [2.05, 4.69) is 11.4 Å². The van der Waals surface area contributed by atoms with Crippen molar-refractivity contribution in [2.24, 2.45) is 0 Å². The summed E-state index contributed by atoms with van der Waals surface area (Å²) in [6.45, 7) is 0.723. The molecule has 3 nitrogen and oxygen atoms in total. The van der Waals surface area contributed by atoms with Crippen LogP contribution in [0.25, 0.3) is 0 Å². The highest BCUT2D eigenvalue weighted by molar-refractivity contribution is 7.85. The minimum absolute atomic E-state index is 0.444. The van der Waals surface area contributed by atoms with Crippen molar-refractivity contribution in [3.63, 3.8) is 0 Å². The SMILES string of the molecule is N#Cc1ccccc1CNC1CCS(=O)CC1. The average Bonchev–Trinajstić information content (AvgIpc) is 2.38. The Morgan fingerprint density at radius 2 is 2.06 bits per heavy atom. The van der Waals surface area contributed by atoms with Crippen molar-refractivity contribution in [1.29, 1.82) is 5.26 Å². The topological polar surface area (TPSA) is 52.9 Å². The second-order valence-electron chi connectivity index (χ2n) is 4.27. The quantitative estimate of drug-likeness (QED) is 0.883. The predicted molar refractivity (Wildman–Crippen MR) is 68.9 cm³/mol. The van der Waals surface area contributed by atoms with Crippen LogP contribution in [0.15, 0.2) is 24.3 Å². The van der Waals surface area contributed by atoms with Crippen LogP contribution < -0.4 is 5.32 Å². The predicted octanol–water partition coefficient (Wildman–Crippen LogP) is 1.56. The van der Waals surface area contributed by atoms with Crippen molar-refractivity contribution in [3.8, 4) is 6.07 Å². The van der Waals surface area contributed by atoms with E-state index in [1.54, 1.807) is 0 Å². The molecule has 1 aromatic carbocycles. The maximum Gasteiger partial charge on any atom is 0.0995 e. The number of hydrogen-bond donors (Lipinski definition) is 1. The third-order valence-corrected chi connectivity index (χ3v) is 4.49. The van der Waals surface area contributed by atoms with E-state index in [0.29, 0.717) is 6.04 Å². The lowest BCUT2D eigenvalue weighted by molar-refractivity contribution is 0.475. The van der Waals surface area contributed by atoms with Gasteiger partial charge in [0.1, 0.15) is 0 Å². The lowest BCUT2D eigenvalue weighted by Crippen LogP contribution is -2.35. The van der Waals surface area contributed by atoms with E-state index in [1.807, 2.05) is 24.3 Å². The molecule has 0 saturated carbocycles. The molecule has 0 amide bonds. The summed E-state index contributed by atoms with van der Waals surface area (Å²) in [7, 11) is -0.607. The molecule has 2 rings (SSSR count). The zero-order valence-corrected chi connectivity index (χ0v) is 10.5. The monoisotopic (exact) mass is 248 g/mol.